The normalized spacial score (nSPS) is 19.8. The van der Waals surface area contributed by atoms with Crippen LogP contribution in [0.4, 0.5) is 11.8 Å². The number of nitrogen functional groups attached to an aromatic ring is 1. The number of nitrogens with two attached hydrogens (primary N) is 1. The molecule has 9 nitrogen and oxygen atoms in total. The summed E-state index contributed by atoms with van der Waals surface area (Å²) < 4.78 is 6.05. The van der Waals surface area contributed by atoms with Gasteiger partial charge in [-0.25, -0.2) is 4.98 Å². The van der Waals surface area contributed by atoms with Crippen molar-refractivity contribution in [2.24, 2.45) is 5.92 Å². The van der Waals surface area contributed by atoms with Gasteiger partial charge >= 0.3 is 0 Å². The number of carboxylic acid groups (broad SMARTS) is 1. The third kappa shape index (κ3) is 8.50. The number of benzene rings is 1. The number of hydrogen-bond donors (Lipinski definition) is 4. The lowest BCUT2D eigenvalue weighted by atomic mass is 9.83. The summed E-state index contributed by atoms with van der Waals surface area (Å²) in [6.45, 7) is 3.21. The van der Waals surface area contributed by atoms with E-state index in [0.29, 0.717) is 25.4 Å². The number of amides is 1. The lowest BCUT2D eigenvalue weighted by molar-refractivity contribution is -0.127. The summed E-state index contributed by atoms with van der Waals surface area (Å²) in [5.74, 6) is 0.970. The average Bonchev–Trinajstić information content (AvgIpc) is 2.79. The van der Waals surface area contributed by atoms with Gasteiger partial charge in [-0.1, -0.05) is 37.3 Å². The fraction of sp³-hybridized carbons (Fsp3) is 0.478. The topological polar surface area (TPSA) is 139 Å². The van der Waals surface area contributed by atoms with Crippen LogP contribution in [0.3, 0.4) is 0 Å². The molecule has 0 aliphatic heterocycles. The summed E-state index contributed by atoms with van der Waals surface area (Å²) in [7, 11) is 0. The maximum Gasteiger partial charge on any atom is 0.290 e. The Morgan fingerprint density at radius 3 is 2.72 bits per heavy atom. The quantitative estimate of drug-likeness (QED) is 0.434. The van der Waals surface area contributed by atoms with E-state index in [0.717, 1.165) is 25.7 Å². The summed E-state index contributed by atoms with van der Waals surface area (Å²) in [5, 5.41) is 13.4. The van der Waals surface area contributed by atoms with Crippen molar-refractivity contribution in [3.8, 4) is 0 Å². The van der Waals surface area contributed by atoms with Crippen LogP contribution in [-0.2, 0) is 20.7 Å². The molecule has 1 amide bonds. The number of ether oxygens (including phenoxy) is 1. The van der Waals surface area contributed by atoms with E-state index in [4.69, 9.17) is 20.4 Å². The van der Waals surface area contributed by atoms with Gasteiger partial charge in [0.1, 0.15) is 5.82 Å². The fourth-order valence-corrected chi connectivity index (χ4v) is 3.76. The Hall–Kier alpha value is -3.20. The van der Waals surface area contributed by atoms with Crippen molar-refractivity contribution >= 4 is 24.1 Å². The molecule has 0 bridgehead atoms. The largest absolute Gasteiger partial charge is 0.483 e. The van der Waals surface area contributed by atoms with Crippen LogP contribution in [0.1, 0.15) is 38.2 Å². The number of nitrogens with one attached hydrogen (secondary N) is 2. The molecule has 3 rings (SSSR count). The van der Waals surface area contributed by atoms with Crippen LogP contribution in [0.2, 0.25) is 0 Å². The van der Waals surface area contributed by atoms with Gasteiger partial charge in [-0.2, -0.15) is 4.98 Å². The molecule has 9 heteroatoms. The molecule has 1 aliphatic rings. The van der Waals surface area contributed by atoms with E-state index >= 15 is 0 Å². The van der Waals surface area contributed by atoms with Gasteiger partial charge < -0.3 is 26.2 Å². The number of anilines is 2. The highest BCUT2D eigenvalue weighted by Crippen LogP contribution is 2.29. The first kappa shape index (κ1) is 25.1. The minimum absolute atomic E-state index is 0.00877. The Morgan fingerprint density at radius 2 is 2.03 bits per heavy atom. The predicted molar refractivity (Wildman–Crippen MR) is 123 cm³/mol. The predicted octanol–water partition coefficient (Wildman–Crippen LogP) is 2.49. The van der Waals surface area contributed by atoms with E-state index in [1.807, 2.05) is 18.2 Å². The lowest BCUT2D eigenvalue weighted by Gasteiger charge is -2.36. The second kappa shape index (κ2) is 14.0. The SMILES string of the molecule is CCCO[C@@H]1CC[C@H](C(=O)NCCc2ccccc2)C[C@H]1Nc1ccnc(N)n1.O=CO. The number of carbonyl (C=O) groups excluding carboxylic acids is 1. The van der Waals surface area contributed by atoms with Crippen molar-refractivity contribution in [2.75, 3.05) is 24.2 Å². The zero-order valence-electron chi connectivity index (χ0n) is 18.4. The van der Waals surface area contributed by atoms with Crippen molar-refractivity contribution in [3.63, 3.8) is 0 Å². The molecular weight excluding hydrogens is 410 g/mol. The van der Waals surface area contributed by atoms with Crippen LogP contribution < -0.4 is 16.4 Å². The van der Waals surface area contributed by atoms with Crippen molar-refractivity contribution in [2.45, 2.75) is 51.2 Å². The molecule has 0 saturated heterocycles. The van der Waals surface area contributed by atoms with Crippen LogP contribution in [-0.4, -0.2) is 52.8 Å². The number of carbonyl (C=O) groups is 2. The third-order valence-corrected chi connectivity index (χ3v) is 5.26. The average molecular weight is 444 g/mol. The van der Waals surface area contributed by atoms with Crippen LogP contribution >= 0.6 is 0 Å². The lowest BCUT2D eigenvalue weighted by Crippen LogP contribution is -2.45. The standard InChI is InChI=1S/C22H31N5O2.CH2O2/c1-2-14-29-19-9-8-17(15-18(19)26-20-11-13-25-22(23)27-20)21(28)24-12-10-16-6-4-3-5-7-16;2-1-3/h3-7,11,13,17-19H,2,8-10,12,14-15H2,1H3,(H,24,28)(H3,23,25,26,27);1H,(H,2,3)/t17-,18+,19+;/m0./s1. The number of rotatable bonds is 9. The molecule has 1 aromatic heterocycles. The molecular formula is C23H33N5O4. The fourth-order valence-electron chi connectivity index (χ4n) is 3.76. The van der Waals surface area contributed by atoms with Gasteiger partial charge in [-0.05, 0) is 43.7 Å². The van der Waals surface area contributed by atoms with E-state index in [1.165, 1.54) is 5.56 Å². The highest BCUT2D eigenvalue weighted by molar-refractivity contribution is 5.78. The van der Waals surface area contributed by atoms with Gasteiger partial charge in [-0.15, -0.1) is 0 Å². The highest BCUT2D eigenvalue weighted by atomic mass is 16.5. The Labute approximate surface area is 188 Å². The van der Waals surface area contributed by atoms with Crippen LogP contribution in [0.5, 0.6) is 0 Å². The van der Waals surface area contributed by atoms with E-state index in [2.05, 4.69) is 39.7 Å². The zero-order chi connectivity index (χ0) is 23.2. The van der Waals surface area contributed by atoms with Crippen molar-refractivity contribution in [3.05, 3.63) is 48.2 Å². The third-order valence-electron chi connectivity index (χ3n) is 5.26. The molecule has 2 aromatic rings. The van der Waals surface area contributed by atoms with Crippen LogP contribution in [0.25, 0.3) is 0 Å². The molecule has 1 saturated carbocycles. The van der Waals surface area contributed by atoms with E-state index in [9.17, 15) is 4.79 Å². The summed E-state index contributed by atoms with van der Waals surface area (Å²) in [6.07, 6.45) is 5.86. The maximum atomic E-state index is 12.7. The van der Waals surface area contributed by atoms with Crippen LogP contribution in [0.15, 0.2) is 42.6 Å². The molecule has 0 spiro atoms. The first-order chi connectivity index (χ1) is 15.6. The number of hydrogen-bond acceptors (Lipinski definition) is 7. The van der Waals surface area contributed by atoms with Gasteiger partial charge in [0, 0.05) is 25.3 Å². The summed E-state index contributed by atoms with van der Waals surface area (Å²) in [5.41, 5.74) is 6.93. The number of aromatic nitrogens is 2. The van der Waals surface area contributed by atoms with Gasteiger partial charge in [0.25, 0.3) is 6.47 Å². The Morgan fingerprint density at radius 1 is 1.28 bits per heavy atom. The molecule has 3 atom stereocenters. The smallest absolute Gasteiger partial charge is 0.290 e. The summed E-state index contributed by atoms with van der Waals surface area (Å²) in [4.78, 5) is 29.3. The second-order valence-electron chi connectivity index (χ2n) is 7.60. The molecule has 0 radical (unpaired) electrons. The molecule has 1 heterocycles. The van der Waals surface area contributed by atoms with Gasteiger partial charge in [0.15, 0.2) is 0 Å². The first-order valence-electron chi connectivity index (χ1n) is 10.9. The monoisotopic (exact) mass is 443 g/mol. The molecule has 1 aromatic carbocycles. The van der Waals surface area contributed by atoms with E-state index < -0.39 is 0 Å². The van der Waals surface area contributed by atoms with E-state index in [-0.39, 0.29) is 36.4 Å². The number of nitrogens with zero attached hydrogens (tertiary/aromatic N) is 2. The molecule has 32 heavy (non-hydrogen) atoms. The molecule has 0 unspecified atom stereocenters. The summed E-state index contributed by atoms with van der Waals surface area (Å²) >= 11 is 0. The minimum Gasteiger partial charge on any atom is -0.483 e. The highest BCUT2D eigenvalue weighted by Gasteiger charge is 2.34. The van der Waals surface area contributed by atoms with Gasteiger partial charge in [-0.3, -0.25) is 9.59 Å². The Kier molecular flexibility index (Phi) is 10.9. The zero-order valence-corrected chi connectivity index (χ0v) is 18.4. The van der Waals surface area contributed by atoms with Gasteiger partial charge in [0.05, 0.1) is 12.1 Å². The Balaban J connectivity index is 0.00000114. The molecule has 174 valence electrons. The molecule has 1 aliphatic carbocycles. The maximum absolute atomic E-state index is 12.7. The molecule has 1 fully saturated rings. The van der Waals surface area contributed by atoms with Gasteiger partial charge in [0.2, 0.25) is 11.9 Å². The van der Waals surface area contributed by atoms with Crippen LogP contribution in [0, 0.1) is 5.92 Å². The van der Waals surface area contributed by atoms with E-state index in [1.54, 1.807) is 12.3 Å². The van der Waals surface area contributed by atoms with Crippen molar-refractivity contribution in [1.82, 2.24) is 15.3 Å². The first-order valence-corrected chi connectivity index (χ1v) is 10.9. The van der Waals surface area contributed by atoms with Crippen molar-refractivity contribution < 1.29 is 19.4 Å². The van der Waals surface area contributed by atoms with Crippen molar-refractivity contribution in [1.29, 1.82) is 0 Å². The molecule has 5 N–H and O–H groups in total. The second-order valence-corrected chi connectivity index (χ2v) is 7.60. The summed E-state index contributed by atoms with van der Waals surface area (Å²) in [6, 6.07) is 12.0. The Bertz CT molecular complexity index is 821. The minimum atomic E-state index is -0.250.